The molecule has 0 aliphatic rings. The van der Waals surface area contributed by atoms with Crippen LogP contribution in [0.15, 0.2) is 42.6 Å². The van der Waals surface area contributed by atoms with E-state index in [1.807, 2.05) is 43.3 Å². The van der Waals surface area contributed by atoms with Crippen molar-refractivity contribution in [1.82, 2.24) is 4.98 Å². The summed E-state index contributed by atoms with van der Waals surface area (Å²) in [5, 5.41) is 0. The Kier molecular flexibility index (Phi) is 3.88. The lowest BCUT2D eigenvalue weighted by molar-refractivity contribution is 0.0982. The monoisotopic (exact) mass is 239 g/mol. The van der Waals surface area contributed by atoms with Gasteiger partial charge in [-0.2, -0.15) is 0 Å². The first kappa shape index (κ1) is 12.5. The van der Waals surface area contributed by atoms with Crippen LogP contribution in [-0.4, -0.2) is 10.8 Å². The lowest BCUT2D eigenvalue weighted by Crippen LogP contribution is -2.02. The summed E-state index contributed by atoms with van der Waals surface area (Å²) in [6.45, 7) is 4.09. The van der Waals surface area contributed by atoms with Gasteiger partial charge in [0.25, 0.3) is 0 Å². The van der Waals surface area contributed by atoms with Crippen molar-refractivity contribution in [2.45, 2.75) is 26.7 Å². The normalized spacial score (nSPS) is 10.3. The number of ketones is 1. The first-order chi connectivity index (χ1) is 8.66. The predicted molar refractivity (Wildman–Crippen MR) is 72.8 cm³/mol. The van der Waals surface area contributed by atoms with Crippen LogP contribution in [0.4, 0.5) is 0 Å². The van der Waals surface area contributed by atoms with E-state index in [0.29, 0.717) is 12.8 Å². The Morgan fingerprint density at radius 3 is 2.61 bits per heavy atom. The molecule has 0 N–H and O–H groups in total. The van der Waals surface area contributed by atoms with Crippen molar-refractivity contribution in [3.05, 3.63) is 65.0 Å². The minimum absolute atomic E-state index is 0.184. The first-order valence-electron chi connectivity index (χ1n) is 6.17. The Morgan fingerprint density at radius 1 is 1.11 bits per heavy atom. The summed E-state index contributed by atoms with van der Waals surface area (Å²) in [6.07, 6.45) is 2.97. The average Bonchev–Trinajstić information content (AvgIpc) is 2.40. The zero-order valence-corrected chi connectivity index (χ0v) is 10.8. The van der Waals surface area contributed by atoms with Gasteiger partial charge in [0, 0.05) is 23.9 Å². The van der Waals surface area contributed by atoms with Gasteiger partial charge in [0.2, 0.25) is 0 Å². The maximum Gasteiger partial charge on any atom is 0.163 e. The standard InChI is InChI=1S/C16H17NO/c1-12-6-7-14(11-13(12)2)16(18)9-8-15-5-3-4-10-17-15/h3-7,10-11H,8-9H2,1-2H3. The molecule has 0 unspecified atom stereocenters. The largest absolute Gasteiger partial charge is 0.294 e. The number of aryl methyl sites for hydroxylation is 3. The minimum atomic E-state index is 0.184. The predicted octanol–water partition coefficient (Wildman–Crippen LogP) is 3.51. The van der Waals surface area contributed by atoms with Gasteiger partial charge >= 0.3 is 0 Å². The fraction of sp³-hybridized carbons (Fsp3) is 0.250. The number of rotatable bonds is 4. The maximum absolute atomic E-state index is 12.1. The van der Waals surface area contributed by atoms with Gasteiger partial charge in [-0.15, -0.1) is 0 Å². The summed E-state index contributed by atoms with van der Waals surface area (Å²) >= 11 is 0. The van der Waals surface area contributed by atoms with E-state index in [-0.39, 0.29) is 5.78 Å². The second-order valence-corrected chi connectivity index (χ2v) is 4.54. The molecule has 0 bridgehead atoms. The Balaban J connectivity index is 2.02. The third-order valence-corrected chi connectivity index (χ3v) is 3.16. The van der Waals surface area contributed by atoms with E-state index >= 15 is 0 Å². The SMILES string of the molecule is Cc1ccc(C(=O)CCc2ccccn2)cc1C. The molecule has 0 radical (unpaired) electrons. The molecule has 0 atom stereocenters. The number of hydrogen-bond donors (Lipinski definition) is 0. The molecule has 92 valence electrons. The molecule has 0 spiro atoms. The van der Waals surface area contributed by atoms with Crippen LogP contribution in [0.25, 0.3) is 0 Å². The van der Waals surface area contributed by atoms with Crippen molar-refractivity contribution >= 4 is 5.78 Å². The number of carbonyl (C=O) groups excluding carboxylic acids is 1. The highest BCUT2D eigenvalue weighted by molar-refractivity contribution is 5.96. The molecule has 0 saturated heterocycles. The van der Waals surface area contributed by atoms with Crippen LogP contribution in [0.2, 0.25) is 0 Å². The summed E-state index contributed by atoms with van der Waals surface area (Å²) in [6, 6.07) is 11.7. The van der Waals surface area contributed by atoms with Crippen LogP contribution in [0.3, 0.4) is 0 Å². The molecule has 1 heterocycles. The van der Waals surface area contributed by atoms with Crippen molar-refractivity contribution < 1.29 is 4.79 Å². The minimum Gasteiger partial charge on any atom is -0.294 e. The first-order valence-corrected chi connectivity index (χ1v) is 6.17. The molecule has 0 aliphatic heterocycles. The van der Waals surface area contributed by atoms with E-state index in [1.54, 1.807) is 6.20 Å². The number of Topliss-reactive ketones (excluding diaryl/α,β-unsaturated/α-hetero) is 1. The molecule has 1 aromatic carbocycles. The van der Waals surface area contributed by atoms with Crippen LogP contribution in [0, 0.1) is 13.8 Å². The van der Waals surface area contributed by atoms with Gasteiger partial charge in [0.1, 0.15) is 0 Å². The van der Waals surface area contributed by atoms with Gasteiger partial charge in [0.05, 0.1) is 0 Å². The smallest absolute Gasteiger partial charge is 0.163 e. The van der Waals surface area contributed by atoms with Crippen molar-refractivity contribution in [2.24, 2.45) is 0 Å². The second kappa shape index (κ2) is 5.58. The quantitative estimate of drug-likeness (QED) is 0.764. The molecule has 2 nitrogen and oxygen atoms in total. The second-order valence-electron chi connectivity index (χ2n) is 4.54. The third kappa shape index (κ3) is 3.04. The number of carbonyl (C=O) groups is 1. The number of benzene rings is 1. The Hall–Kier alpha value is -1.96. The van der Waals surface area contributed by atoms with Gasteiger partial charge in [-0.3, -0.25) is 9.78 Å². The van der Waals surface area contributed by atoms with E-state index in [9.17, 15) is 4.79 Å². The highest BCUT2D eigenvalue weighted by Crippen LogP contribution is 2.12. The lowest BCUT2D eigenvalue weighted by Gasteiger charge is -2.04. The number of hydrogen-bond acceptors (Lipinski definition) is 2. The highest BCUT2D eigenvalue weighted by atomic mass is 16.1. The van der Waals surface area contributed by atoms with Gasteiger partial charge in [-0.1, -0.05) is 18.2 Å². The van der Waals surface area contributed by atoms with Gasteiger partial charge in [-0.05, 0) is 49.6 Å². The molecule has 0 amide bonds. The van der Waals surface area contributed by atoms with Gasteiger partial charge < -0.3 is 0 Å². The van der Waals surface area contributed by atoms with Crippen LogP contribution < -0.4 is 0 Å². The molecule has 18 heavy (non-hydrogen) atoms. The Morgan fingerprint density at radius 2 is 1.94 bits per heavy atom. The third-order valence-electron chi connectivity index (χ3n) is 3.16. The van der Waals surface area contributed by atoms with Crippen LogP contribution in [-0.2, 0) is 6.42 Å². The zero-order valence-electron chi connectivity index (χ0n) is 10.8. The maximum atomic E-state index is 12.1. The summed E-state index contributed by atoms with van der Waals surface area (Å²) < 4.78 is 0. The Labute approximate surface area is 108 Å². The molecule has 2 rings (SSSR count). The van der Waals surface area contributed by atoms with Crippen molar-refractivity contribution in [2.75, 3.05) is 0 Å². The summed E-state index contributed by atoms with van der Waals surface area (Å²) in [4.78, 5) is 16.3. The number of nitrogens with zero attached hydrogens (tertiary/aromatic N) is 1. The van der Waals surface area contributed by atoms with Gasteiger partial charge in [0.15, 0.2) is 5.78 Å². The van der Waals surface area contributed by atoms with E-state index < -0.39 is 0 Å². The van der Waals surface area contributed by atoms with Crippen molar-refractivity contribution in [3.63, 3.8) is 0 Å². The van der Waals surface area contributed by atoms with Crippen LogP contribution in [0.1, 0.15) is 33.6 Å². The molecule has 2 heteroatoms. The number of pyridine rings is 1. The molecular weight excluding hydrogens is 222 g/mol. The summed E-state index contributed by atoms with van der Waals surface area (Å²) in [5.41, 5.74) is 4.15. The van der Waals surface area contributed by atoms with Crippen molar-refractivity contribution in [3.8, 4) is 0 Å². The molecule has 2 aromatic rings. The Bertz CT molecular complexity index is 546. The topological polar surface area (TPSA) is 30.0 Å². The molecule has 0 aliphatic carbocycles. The van der Waals surface area contributed by atoms with E-state index in [4.69, 9.17) is 0 Å². The average molecular weight is 239 g/mol. The molecular formula is C16H17NO. The lowest BCUT2D eigenvalue weighted by atomic mass is 10.0. The van der Waals surface area contributed by atoms with E-state index in [1.165, 1.54) is 11.1 Å². The van der Waals surface area contributed by atoms with E-state index in [0.717, 1.165) is 11.3 Å². The van der Waals surface area contributed by atoms with Crippen LogP contribution in [0.5, 0.6) is 0 Å². The highest BCUT2D eigenvalue weighted by Gasteiger charge is 2.07. The number of aromatic nitrogens is 1. The zero-order chi connectivity index (χ0) is 13.0. The summed E-state index contributed by atoms with van der Waals surface area (Å²) in [5.74, 6) is 0.184. The molecule has 1 aromatic heterocycles. The fourth-order valence-corrected chi connectivity index (χ4v) is 1.85. The molecule has 0 fully saturated rings. The van der Waals surface area contributed by atoms with Crippen molar-refractivity contribution in [1.29, 1.82) is 0 Å². The fourth-order valence-electron chi connectivity index (χ4n) is 1.85. The van der Waals surface area contributed by atoms with Crippen LogP contribution >= 0.6 is 0 Å². The molecule has 0 saturated carbocycles. The van der Waals surface area contributed by atoms with Gasteiger partial charge in [-0.25, -0.2) is 0 Å². The van der Waals surface area contributed by atoms with E-state index in [2.05, 4.69) is 11.9 Å². The summed E-state index contributed by atoms with van der Waals surface area (Å²) in [7, 11) is 0.